The topological polar surface area (TPSA) is 112 Å². The van der Waals surface area contributed by atoms with Crippen molar-refractivity contribution >= 4 is 56.1 Å². The molecule has 2 heterocycles. The van der Waals surface area contributed by atoms with E-state index < -0.39 is 11.8 Å². The highest BCUT2D eigenvalue weighted by molar-refractivity contribution is 9.10. The second-order valence-electron chi connectivity index (χ2n) is 11.8. The van der Waals surface area contributed by atoms with E-state index in [-0.39, 0.29) is 5.56 Å². The molecule has 0 saturated carbocycles. The monoisotopic (exact) mass is 746 g/mol. The summed E-state index contributed by atoms with van der Waals surface area (Å²) in [4.78, 5) is 38.6. The number of nitrogens with one attached hydrogen (secondary N) is 2. The van der Waals surface area contributed by atoms with Crippen molar-refractivity contribution in [3.63, 3.8) is 0 Å². The summed E-state index contributed by atoms with van der Waals surface area (Å²) in [5.74, 6) is -0.810. The highest BCUT2D eigenvalue weighted by atomic mass is 79.9. The van der Waals surface area contributed by atoms with Crippen LogP contribution in [0.25, 0.3) is 16.5 Å². The number of halogens is 1. The van der Waals surface area contributed by atoms with E-state index in [1.165, 1.54) is 6.21 Å². The first-order valence-corrected chi connectivity index (χ1v) is 17.2. The average molecular weight is 748 g/mol. The van der Waals surface area contributed by atoms with Crippen LogP contribution in [0.5, 0.6) is 0 Å². The fourth-order valence-electron chi connectivity index (χ4n) is 5.87. The van der Waals surface area contributed by atoms with Gasteiger partial charge < -0.3 is 0 Å². The van der Waals surface area contributed by atoms with Crippen LogP contribution in [0.3, 0.4) is 0 Å². The van der Waals surface area contributed by atoms with E-state index in [2.05, 4.69) is 36.7 Å². The van der Waals surface area contributed by atoms with Crippen LogP contribution in [0.4, 0.5) is 5.69 Å². The van der Waals surface area contributed by atoms with E-state index in [1.807, 2.05) is 146 Å². The van der Waals surface area contributed by atoms with Crippen LogP contribution in [0.1, 0.15) is 43.1 Å². The van der Waals surface area contributed by atoms with Crippen molar-refractivity contribution in [1.82, 2.24) is 14.8 Å². The number of anilines is 1. The molecule has 0 radical (unpaired) electrons. The molecule has 1 aromatic heterocycles. The number of imide groups is 1. The van der Waals surface area contributed by atoms with Crippen molar-refractivity contribution in [2.45, 2.75) is 6.92 Å². The Balaban J connectivity index is 0.000000164. The zero-order valence-corrected chi connectivity index (χ0v) is 29.5. The van der Waals surface area contributed by atoms with Crippen molar-refractivity contribution < 1.29 is 9.59 Å². The molecule has 8 rings (SSSR count). The highest BCUT2D eigenvalue weighted by Crippen LogP contribution is 2.30. The van der Waals surface area contributed by atoms with Gasteiger partial charge in [-0.2, -0.15) is 15.2 Å². The van der Waals surface area contributed by atoms with Gasteiger partial charge in [-0.05, 0) is 66.4 Å². The third-order valence-electron chi connectivity index (χ3n) is 8.38. The first-order valence-electron chi connectivity index (χ1n) is 16.4. The summed E-state index contributed by atoms with van der Waals surface area (Å²) in [5.41, 5.74) is 9.12. The number of aromatic amines is 1. The van der Waals surface area contributed by atoms with Gasteiger partial charge in [0.2, 0.25) is 0 Å². The molecule has 0 fully saturated rings. The van der Waals surface area contributed by atoms with Crippen LogP contribution < -0.4 is 11.0 Å². The molecule has 0 bridgehead atoms. The molecular formula is C42H31BrN6O3. The molecule has 0 aliphatic carbocycles. The normalized spacial score (nSPS) is 12.6. The fraction of sp³-hybridized carbons (Fsp3) is 0.0238. The number of amides is 2. The van der Waals surface area contributed by atoms with Crippen LogP contribution in [-0.2, 0) is 0 Å². The third kappa shape index (κ3) is 7.01. The van der Waals surface area contributed by atoms with Gasteiger partial charge in [0.1, 0.15) is 5.71 Å². The summed E-state index contributed by atoms with van der Waals surface area (Å²) >= 11 is 3.36. The standard InChI is InChI=1S/C23H20N4O.C19H11BrN2O2/c1-17-21(23(28)27(26-17)20-15-9-4-10-16-20)22(18-11-5-2-6-12-18)25-24-19-13-7-3-8-14-19;20-14-9-7-12(8-10-14)11-21-22-18(23)15-5-1-3-13-4-2-6-16(17(13)15)19(22)24/h2-16,24,26H,1H3;1-11H. The molecule has 2 N–H and O–H groups in total. The van der Waals surface area contributed by atoms with Crippen LogP contribution >= 0.6 is 15.9 Å². The molecule has 6 aromatic carbocycles. The van der Waals surface area contributed by atoms with E-state index in [9.17, 15) is 14.4 Å². The van der Waals surface area contributed by atoms with Gasteiger partial charge in [0.25, 0.3) is 17.4 Å². The van der Waals surface area contributed by atoms with Crippen LogP contribution in [0.2, 0.25) is 0 Å². The maximum Gasteiger partial charge on any atom is 0.282 e. The molecule has 7 aromatic rings. The Labute approximate surface area is 307 Å². The largest absolute Gasteiger partial charge is 0.295 e. The van der Waals surface area contributed by atoms with E-state index >= 15 is 0 Å². The minimum atomic E-state index is -0.405. The number of aryl methyl sites for hydroxylation is 1. The number of aromatic nitrogens is 2. The Bertz CT molecular complexity index is 2460. The van der Waals surface area contributed by atoms with Gasteiger partial charge in [-0.25, -0.2) is 4.68 Å². The number of rotatable bonds is 7. The number of carbonyl (C=O) groups excluding carboxylic acids is 2. The molecule has 9 nitrogen and oxygen atoms in total. The maximum absolute atomic E-state index is 13.2. The first kappa shape index (κ1) is 33.8. The maximum atomic E-state index is 13.2. The van der Waals surface area contributed by atoms with Crippen molar-refractivity contribution in [3.05, 3.63) is 200 Å². The molecule has 2 amide bonds. The molecular weight excluding hydrogens is 716 g/mol. The summed E-state index contributed by atoms with van der Waals surface area (Å²) in [7, 11) is 0. The molecule has 10 heteroatoms. The Hall–Kier alpha value is -6.65. The lowest BCUT2D eigenvalue weighted by molar-refractivity contribution is 0.0616. The van der Waals surface area contributed by atoms with Crippen LogP contribution in [-0.4, -0.2) is 38.5 Å². The summed E-state index contributed by atoms with van der Waals surface area (Å²) in [5, 5.41) is 14.4. The number of hydrogen-bond acceptors (Lipinski definition) is 6. The Morgan fingerprint density at radius 3 is 1.88 bits per heavy atom. The lowest BCUT2D eigenvalue weighted by atomic mass is 9.95. The first-order chi connectivity index (χ1) is 25.4. The molecule has 0 spiro atoms. The Kier molecular flexibility index (Phi) is 9.81. The van der Waals surface area contributed by atoms with Gasteiger partial charge in [-0.1, -0.05) is 119 Å². The summed E-state index contributed by atoms with van der Waals surface area (Å²) < 4.78 is 2.50. The lowest BCUT2D eigenvalue weighted by Gasteiger charge is -2.22. The molecule has 0 atom stereocenters. The second-order valence-corrected chi connectivity index (χ2v) is 12.7. The van der Waals surface area contributed by atoms with Crippen LogP contribution in [0, 0.1) is 6.92 Å². The van der Waals surface area contributed by atoms with Crippen molar-refractivity contribution in [3.8, 4) is 5.69 Å². The molecule has 0 saturated heterocycles. The van der Waals surface area contributed by atoms with Gasteiger partial charge >= 0.3 is 0 Å². The van der Waals surface area contributed by atoms with Gasteiger partial charge in [0, 0.05) is 21.1 Å². The minimum absolute atomic E-state index is 0.138. The molecule has 0 unspecified atom stereocenters. The molecule has 254 valence electrons. The Morgan fingerprint density at radius 2 is 1.27 bits per heavy atom. The minimum Gasteiger partial charge on any atom is -0.295 e. The number of carbonyl (C=O) groups is 2. The number of benzene rings is 6. The SMILES string of the molecule is Cc1[nH]n(-c2ccccc2)c(=O)c1C(=NNc1ccccc1)c1ccccc1.O=C1c2cccc3cccc(c23)C(=O)N1N=Cc1ccc(Br)cc1. The van der Waals surface area contributed by atoms with Gasteiger partial charge in [0.05, 0.1) is 34.3 Å². The van der Waals surface area contributed by atoms with Crippen molar-refractivity contribution in [2.24, 2.45) is 10.2 Å². The van der Waals surface area contributed by atoms with Gasteiger partial charge in [0.15, 0.2) is 0 Å². The third-order valence-corrected chi connectivity index (χ3v) is 8.91. The van der Waals surface area contributed by atoms with Gasteiger partial charge in [-0.15, -0.1) is 0 Å². The number of hydrazone groups is 2. The van der Waals surface area contributed by atoms with Crippen molar-refractivity contribution in [1.29, 1.82) is 0 Å². The fourth-order valence-corrected chi connectivity index (χ4v) is 6.14. The summed E-state index contributed by atoms with van der Waals surface area (Å²) in [6.07, 6.45) is 1.51. The number of hydrogen-bond donors (Lipinski definition) is 2. The van der Waals surface area contributed by atoms with E-state index in [0.717, 1.165) is 43.1 Å². The number of para-hydroxylation sites is 2. The van der Waals surface area contributed by atoms with Crippen LogP contribution in [0.15, 0.2) is 171 Å². The predicted molar refractivity (Wildman–Crippen MR) is 209 cm³/mol. The quantitative estimate of drug-likeness (QED) is 0.0967. The zero-order chi connectivity index (χ0) is 36.0. The lowest BCUT2D eigenvalue weighted by Crippen LogP contribution is -2.36. The second kappa shape index (κ2) is 15.1. The molecule has 52 heavy (non-hydrogen) atoms. The molecule has 1 aliphatic heterocycles. The predicted octanol–water partition coefficient (Wildman–Crippen LogP) is 8.57. The van der Waals surface area contributed by atoms with E-state index in [0.29, 0.717) is 27.8 Å². The smallest absolute Gasteiger partial charge is 0.282 e. The van der Waals surface area contributed by atoms with Crippen molar-refractivity contribution in [2.75, 3.05) is 5.43 Å². The van der Waals surface area contributed by atoms with E-state index in [1.54, 1.807) is 16.8 Å². The summed E-state index contributed by atoms with van der Waals surface area (Å²) in [6.45, 7) is 1.89. The Morgan fingerprint density at radius 1 is 0.692 bits per heavy atom. The highest BCUT2D eigenvalue weighted by Gasteiger charge is 2.32. The average Bonchev–Trinajstić information content (AvgIpc) is 3.48. The van der Waals surface area contributed by atoms with Gasteiger partial charge in [-0.3, -0.25) is 24.9 Å². The zero-order valence-electron chi connectivity index (χ0n) is 27.9. The summed E-state index contributed by atoms with van der Waals surface area (Å²) in [6, 6.07) is 47.2. The van der Waals surface area contributed by atoms with E-state index in [4.69, 9.17) is 0 Å². The number of nitrogens with zero attached hydrogens (tertiary/aromatic N) is 4. The molecule has 1 aliphatic rings. The number of H-pyrrole nitrogens is 1.